The minimum absolute atomic E-state index is 0.120. The summed E-state index contributed by atoms with van der Waals surface area (Å²) in [6.07, 6.45) is 0. The van der Waals surface area contributed by atoms with Gasteiger partial charge < -0.3 is 9.32 Å². The lowest BCUT2D eigenvalue weighted by Crippen LogP contribution is -2.14. The van der Waals surface area contributed by atoms with Gasteiger partial charge in [0.15, 0.2) is 5.58 Å². The number of thiophene rings is 1. The summed E-state index contributed by atoms with van der Waals surface area (Å²) in [5, 5.41) is 7.09. The number of hydrogen-bond donors (Lipinski definition) is 0. The van der Waals surface area contributed by atoms with Crippen molar-refractivity contribution in [2.24, 2.45) is 0 Å². The summed E-state index contributed by atoms with van der Waals surface area (Å²) >= 11 is 1.87. The molecule has 2 heterocycles. The second-order valence-corrected chi connectivity index (χ2v) is 18.7. The molecular formula is C61H41NOS. The van der Waals surface area contributed by atoms with Gasteiger partial charge in [0.1, 0.15) is 5.58 Å². The van der Waals surface area contributed by atoms with Gasteiger partial charge in [-0.3, -0.25) is 0 Å². The van der Waals surface area contributed by atoms with Crippen molar-refractivity contribution < 1.29 is 4.42 Å². The third-order valence-electron chi connectivity index (χ3n) is 13.7. The van der Waals surface area contributed by atoms with Crippen molar-refractivity contribution in [3.63, 3.8) is 0 Å². The standard InChI is InChI=1S/C61H41NOS/c1-61(2)54-21-10-8-17-48(54)49-33-28-42(36-55(49)61)43-35-53-51-34-27-40-15-6-7-16-46(40)58(51)63-59(53)56(37-43)62(44-29-23-39(24-30-44)38-13-4-3-5-14-38)45-31-25-41(26-32-45)47-19-12-20-52-50-18-9-11-22-57(50)64-60(47)52/h3-37H,1-2H3. The highest BCUT2D eigenvalue weighted by atomic mass is 32.1. The Bertz CT molecular complexity index is 3800. The summed E-state index contributed by atoms with van der Waals surface area (Å²) < 4.78 is 9.81. The van der Waals surface area contributed by atoms with E-state index in [2.05, 4.69) is 231 Å². The Labute approximate surface area is 375 Å². The Morgan fingerprint density at radius 3 is 1.86 bits per heavy atom. The van der Waals surface area contributed by atoms with Crippen molar-refractivity contribution in [2.45, 2.75) is 19.3 Å². The molecule has 302 valence electrons. The number of benzene rings is 10. The van der Waals surface area contributed by atoms with Gasteiger partial charge >= 0.3 is 0 Å². The average Bonchev–Trinajstić information content (AvgIpc) is 4.00. The summed E-state index contributed by atoms with van der Waals surface area (Å²) in [6.45, 7) is 4.72. The van der Waals surface area contributed by atoms with Crippen LogP contribution >= 0.6 is 11.3 Å². The van der Waals surface area contributed by atoms with E-state index in [-0.39, 0.29) is 5.41 Å². The van der Waals surface area contributed by atoms with E-state index in [0.29, 0.717) is 0 Å². The minimum atomic E-state index is -0.120. The molecule has 13 rings (SSSR count). The largest absolute Gasteiger partial charge is 0.453 e. The van der Waals surface area contributed by atoms with Gasteiger partial charge in [-0.25, -0.2) is 0 Å². The van der Waals surface area contributed by atoms with Crippen LogP contribution in [0, 0.1) is 0 Å². The van der Waals surface area contributed by atoms with E-state index in [9.17, 15) is 0 Å². The van der Waals surface area contributed by atoms with Crippen molar-refractivity contribution in [1.29, 1.82) is 0 Å². The molecule has 0 fully saturated rings. The van der Waals surface area contributed by atoms with Crippen LogP contribution in [0.25, 0.3) is 97.4 Å². The molecule has 1 aliphatic carbocycles. The third-order valence-corrected chi connectivity index (χ3v) is 14.9. The fraction of sp³-hybridized carbons (Fsp3) is 0.0492. The van der Waals surface area contributed by atoms with Crippen LogP contribution in [0.3, 0.4) is 0 Å². The predicted octanol–water partition coefficient (Wildman–Crippen LogP) is 17.9. The number of anilines is 3. The number of rotatable bonds is 6. The van der Waals surface area contributed by atoms with E-state index in [1.165, 1.54) is 70.2 Å². The van der Waals surface area contributed by atoms with Crippen LogP contribution in [-0.4, -0.2) is 0 Å². The highest BCUT2D eigenvalue weighted by Crippen LogP contribution is 2.51. The van der Waals surface area contributed by atoms with Crippen LogP contribution in [-0.2, 0) is 5.41 Å². The van der Waals surface area contributed by atoms with Crippen molar-refractivity contribution in [3.05, 3.63) is 223 Å². The zero-order valence-electron chi connectivity index (χ0n) is 35.5. The maximum atomic E-state index is 7.18. The Hall–Kier alpha value is -7.72. The Kier molecular flexibility index (Phi) is 8.16. The fourth-order valence-electron chi connectivity index (χ4n) is 10.4. The Balaban J connectivity index is 1.04. The third kappa shape index (κ3) is 5.64. The molecule has 0 spiro atoms. The fourth-order valence-corrected chi connectivity index (χ4v) is 11.7. The molecule has 0 saturated carbocycles. The average molecular weight is 836 g/mol. The number of nitrogens with zero attached hydrogens (tertiary/aromatic N) is 1. The maximum Gasteiger partial charge on any atom is 0.159 e. The van der Waals surface area contributed by atoms with Crippen molar-refractivity contribution in [1.82, 2.24) is 0 Å². The van der Waals surface area contributed by atoms with Gasteiger partial charge in [-0.15, -0.1) is 11.3 Å². The molecule has 12 aromatic rings. The SMILES string of the molecule is CC1(C)c2ccccc2-c2ccc(-c3cc(N(c4ccc(-c5ccccc5)cc4)c4ccc(-c5cccc6c5sc5ccccc56)cc4)c4oc5c6ccccc6ccc5c4c3)cc21. The zero-order chi connectivity index (χ0) is 42.5. The molecule has 2 aromatic heterocycles. The summed E-state index contributed by atoms with van der Waals surface area (Å²) in [5.41, 5.74) is 17.2. The Morgan fingerprint density at radius 2 is 1.03 bits per heavy atom. The first-order valence-corrected chi connectivity index (χ1v) is 22.9. The topological polar surface area (TPSA) is 16.4 Å². The molecule has 2 nitrogen and oxygen atoms in total. The second kappa shape index (κ2) is 14.2. The molecule has 0 aliphatic heterocycles. The van der Waals surface area contributed by atoms with E-state index in [1.807, 2.05) is 11.3 Å². The number of furan rings is 1. The highest BCUT2D eigenvalue weighted by Gasteiger charge is 2.35. The van der Waals surface area contributed by atoms with Gasteiger partial charge in [-0.05, 0) is 116 Å². The smallest absolute Gasteiger partial charge is 0.159 e. The van der Waals surface area contributed by atoms with Crippen LogP contribution in [0.5, 0.6) is 0 Å². The Morgan fingerprint density at radius 1 is 0.391 bits per heavy atom. The number of hydrogen-bond acceptors (Lipinski definition) is 3. The first-order chi connectivity index (χ1) is 31.5. The van der Waals surface area contributed by atoms with Crippen LogP contribution in [0.2, 0.25) is 0 Å². The van der Waals surface area contributed by atoms with E-state index in [1.54, 1.807) is 0 Å². The lowest BCUT2D eigenvalue weighted by atomic mass is 9.81. The van der Waals surface area contributed by atoms with E-state index < -0.39 is 0 Å². The van der Waals surface area contributed by atoms with Gasteiger partial charge in [0.2, 0.25) is 0 Å². The molecule has 1 aliphatic rings. The van der Waals surface area contributed by atoms with Crippen LogP contribution in [0.4, 0.5) is 17.1 Å². The molecule has 10 aromatic carbocycles. The summed E-state index contributed by atoms with van der Waals surface area (Å²) in [5.74, 6) is 0. The molecule has 64 heavy (non-hydrogen) atoms. The van der Waals surface area contributed by atoms with E-state index in [4.69, 9.17) is 4.42 Å². The highest BCUT2D eigenvalue weighted by molar-refractivity contribution is 7.26. The molecule has 0 bridgehead atoms. The lowest BCUT2D eigenvalue weighted by molar-refractivity contribution is 0.660. The quantitative estimate of drug-likeness (QED) is 0.166. The first-order valence-electron chi connectivity index (χ1n) is 22.1. The lowest BCUT2D eigenvalue weighted by Gasteiger charge is -2.27. The summed E-state index contributed by atoms with van der Waals surface area (Å²) in [7, 11) is 0. The molecule has 0 amide bonds. The van der Waals surface area contributed by atoms with Gasteiger partial charge in [0.25, 0.3) is 0 Å². The van der Waals surface area contributed by atoms with E-state index in [0.717, 1.165) is 55.3 Å². The molecule has 0 radical (unpaired) electrons. The molecular weight excluding hydrogens is 795 g/mol. The van der Waals surface area contributed by atoms with Gasteiger partial charge in [0.05, 0.1) is 5.69 Å². The van der Waals surface area contributed by atoms with Crippen LogP contribution in [0.15, 0.2) is 217 Å². The van der Waals surface area contributed by atoms with Crippen LogP contribution in [0.1, 0.15) is 25.0 Å². The molecule has 3 heteroatoms. The van der Waals surface area contributed by atoms with Crippen molar-refractivity contribution >= 4 is 81.3 Å². The summed E-state index contributed by atoms with van der Waals surface area (Å²) in [4.78, 5) is 2.39. The van der Waals surface area contributed by atoms with Crippen molar-refractivity contribution in [3.8, 4) is 44.5 Å². The molecule has 0 unspecified atom stereocenters. The molecule has 0 N–H and O–H groups in total. The van der Waals surface area contributed by atoms with Crippen molar-refractivity contribution in [2.75, 3.05) is 4.90 Å². The monoisotopic (exact) mass is 835 g/mol. The molecule has 0 saturated heterocycles. The normalized spacial score (nSPS) is 13.0. The minimum Gasteiger partial charge on any atom is -0.453 e. The summed E-state index contributed by atoms with van der Waals surface area (Å²) in [6, 6.07) is 77.8. The van der Waals surface area contributed by atoms with Gasteiger partial charge in [0, 0.05) is 53.1 Å². The van der Waals surface area contributed by atoms with Crippen LogP contribution < -0.4 is 4.90 Å². The number of fused-ring (bicyclic) bond motifs is 11. The maximum absolute atomic E-state index is 7.18. The second-order valence-electron chi connectivity index (χ2n) is 17.6. The van der Waals surface area contributed by atoms with Gasteiger partial charge in [-0.1, -0.05) is 172 Å². The van der Waals surface area contributed by atoms with E-state index >= 15 is 0 Å². The molecule has 0 atom stereocenters. The van der Waals surface area contributed by atoms with Gasteiger partial charge in [-0.2, -0.15) is 0 Å². The predicted molar refractivity (Wildman–Crippen MR) is 273 cm³/mol. The zero-order valence-corrected chi connectivity index (χ0v) is 36.3. The first kappa shape index (κ1) is 36.9.